The van der Waals surface area contributed by atoms with Crippen molar-refractivity contribution < 1.29 is 5.11 Å². The summed E-state index contributed by atoms with van der Waals surface area (Å²) in [6, 6.07) is 8.04. The van der Waals surface area contributed by atoms with E-state index in [9.17, 15) is 5.11 Å². The van der Waals surface area contributed by atoms with Gasteiger partial charge in [-0.05, 0) is 17.5 Å². The van der Waals surface area contributed by atoms with Gasteiger partial charge in [-0.1, -0.05) is 32.9 Å². The first kappa shape index (κ1) is 14.0. The molecule has 0 aliphatic rings. The zero-order chi connectivity index (χ0) is 14.0. The number of aliphatic hydroxyl groups excluding tert-OH is 1. The van der Waals surface area contributed by atoms with Crippen molar-refractivity contribution in [3.8, 4) is 0 Å². The lowest BCUT2D eigenvalue weighted by atomic mass is 9.85. The van der Waals surface area contributed by atoms with E-state index in [1.165, 1.54) is 0 Å². The summed E-state index contributed by atoms with van der Waals surface area (Å²) in [6.07, 6.45) is 0.720. The van der Waals surface area contributed by atoms with E-state index in [0.29, 0.717) is 6.54 Å². The van der Waals surface area contributed by atoms with Crippen molar-refractivity contribution in [3.05, 3.63) is 30.1 Å². The van der Waals surface area contributed by atoms with Gasteiger partial charge in [0.1, 0.15) is 5.82 Å². The molecule has 2 rings (SSSR count). The molecular formula is C15H23N3O. The molecule has 19 heavy (non-hydrogen) atoms. The van der Waals surface area contributed by atoms with Gasteiger partial charge in [0, 0.05) is 19.0 Å². The normalized spacial score (nSPS) is 13.9. The van der Waals surface area contributed by atoms with Crippen molar-refractivity contribution in [2.75, 3.05) is 6.61 Å². The monoisotopic (exact) mass is 261 g/mol. The van der Waals surface area contributed by atoms with Crippen LogP contribution in [0.2, 0.25) is 0 Å². The molecule has 1 heterocycles. The molecule has 0 amide bonds. The SMILES string of the molecule is CC(C)(C)C(N)Cc1nc2ccccc2n1CCO. The maximum atomic E-state index is 9.24. The van der Waals surface area contributed by atoms with Crippen LogP contribution in [0.4, 0.5) is 0 Å². The Morgan fingerprint density at radius 2 is 2.00 bits per heavy atom. The largest absolute Gasteiger partial charge is 0.395 e. The molecule has 2 aromatic rings. The zero-order valence-corrected chi connectivity index (χ0v) is 11.9. The average molecular weight is 261 g/mol. The summed E-state index contributed by atoms with van der Waals surface area (Å²) >= 11 is 0. The lowest BCUT2D eigenvalue weighted by Crippen LogP contribution is -2.37. The van der Waals surface area contributed by atoms with Crippen molar-refractivity contribution in [1.29, 1.82) is 0 Å². The summed E-state index contributed by atoms with van der Waals surface area (Å²) < 4.78 is 2.07. The fourth-order valence-electron chi connectivity index (χ4n) is 2.13. The smallest absolute Gasteiger partial charge is 0.111 e. The second-order valence-electron chi connectivity index (χ2n) is 6.07. The van der Waals surface area contributed by atoms with Gasteiger partial charge in [-0.3, -0.25) is 0 Å². The molecule has 0 aliphatic carbocycles. The number of fused-ring (bicyclic) bond motifs is 1. The van der Waals surface area contributed by atoms with Crippen molar-refractivity contribution in [2.24, 2.45) is 11.1 Å². The molecule has 0 fully saturated rings. The summed E-state index contributed by atoms with van der Waals surface area (Å²) in [6.45, 7) is 7.08. The molecule has 0 spiro atoms. The third-order valence-electron chi connectivity index (χ3n) is 3.57. The Bertz CT molecular complexity index is 554. The number of nitrogens with two attached hydrogens (primary N) is 1. The number of para-hydroxylation sites is 2. The summed E-state index contributed by atoms with van der Waals surface area (Å²) in [5, 5.41) is 9.24. The van der Waals surface area contributed by atoms with Crippen LogP contribution in [0.1, 0.15) is 26.6 Å². The number of aliphatic hydroxyl groups is 1. The first-order chi connectivity index (χ1) is 8.93. The molecule has 4 nitrogen and oxygen atoms in total. The molecule has 1 atom stereocenters. The molecule has 4 heteroatoms. The van der Waals surface area contributed by atoms with E-state index >= 15 is 0 Å². The molecule has 0 saturated heterocycles. The maximum Gasteiger partial charge on any atom is 0.111 e. The van der Waals surface area contributed by atoms with Gasteiger partial charge in [0.15, 0.2) is 0 Å². The summed E-state index contributed by atoms with van der Waals surface area (Å²) in [7, 11) is 0. The molecular weight excluding hydrogens is 238 g/mol. The van der Waals surface area contributed by atoms with Crippen LogP contribution >= 0.6 is 0 Å². The summed E-state index contributed by atoms with van der Waals surface area (Å²) in [5.41, 5.74) is 8.33. The van der Waals surface area contributed by atoms with E-state index in [1.54, 1.807) is 0 Å². The Balaban J connectivity index is 2.39. The minimum absolute atomic E-state index is 0.0433. The number of benzene rings is 1. The lowest BCUT2D eigenvalue weighted by molar-refractivity contribution is 0.272. The van der Waals surface area contributed by atoms with Gasteiger partial charge in [0.2, 0.25) is 0 Å². The molecule has 0 bridgehead atoms. The first-order valence-electron chi connectivity index (χ1n) is 6.74. The minimum Gasteiger partial charge on any atom is -0.395 e. The Kier molecular flexibility index (Phi) is 3.92. The van der Waals surface area contributed by atoms with E-state index in [-0.39, 0.29) is 18.1 Å². The van der Waals surface area contributed by atoms with Crippen LogP contribution in [0, 0.1) is 5.41 Å². The van der Waals surface area contributed by atoms with Crippen LogP contribution in [0.25, 0.3) is 11.0 Å². The second kappa shape index (κ2) is 5.31. The maximum absolute atomic E-state index is 9.24. The van der Waals surface area contributed by atoms with E-state index in [0.717, 1.165) is 23.3 Å². The van der Waals surface area contributed by atoms with Crippen molar-refractivity contribution >= 4 is 11.0 Å². The fraction of sp³-hybridized carbons (Fsp3) is 0.533. The molecule has 104 valence electrons. The quantitative estimate of drug-likeness (QED) is 0.884. The van der Waals surface area contributed by atoms with Gasteiger partial charge < -0.3 is 15.4 Å². The second-order valence-corrected chi connectivity index (χ2v) is 6.07. The van der Waals surface area contributed by atoms with Crippen molar-refractivity contribution in [2.45, 2.75) is 39.8 Å². The van der Waals surface area contributed by atoms with Gasteiger partial charge in [-0.25, -0.2) is 4.98 Å². The van der Waals surface area contributed by atoms with Crippen LogP contribution in [0.15, 0.2) is 24.3 Å². The first-order valence-corrected chi connectivity index (χ1v) is 6.74. The van der Waals surface area contributed by atoms with Crippen LogP contribution in [0.5, 0.6) is 0 Å². The number of nitrogens with zero attached hydrogens (tertiary/aromatic N) is 2. The number of rotatable bonds is 4. The third-order valence-corrected chi connectivity index (χ3v) is 3.57. The number of hydrogen-bond acceptors (Lipinski definition) is 3. The van der Waals surface area contributed by atoms with Crippen LogP contribution in [-0.4, -0.2) is 27.3 Å². The van der Waals surface area contributed by atoms with Gasteiger partial charge in [-0.2, -0.15) is 0 Å². The standard InChI is InChI=1S/C15H23N3O/c1-15(2,3)13(16)10-14-17-11-6-4-5-7-12(11)18(14)8-9-19/h4-7,13,19H,8-10,16H2,1-3H3. The summed E-state index contributed by atoms with van der Waals surface area (Å²) in [5.74, 6) is 0.956. The van der Waals surface area contributed by atoms with E-state index in [1.807, 2.05) is 24.3 Å². The van der Waals surface area contributed by atoms with E-state index < -0.39 is 0 Å². The number of hydrogen-bond donors (Lipinski definition) is 2. The highest BCUT2D eigenvalue weighted by Gasteiger charge is 2.23. The highest BCUT2D eigenvalue weighted by Crippen LogP contribution is 2.23. The molecule has 0 aliphatic heterocycles. The lowest BCUT2D eigenvalue weighted by Gasteiger charge is -2.26. The fourth-order valence-corrected chi connectivity index (χ4v) is 2.13. The molecule has 3 N–H and O–H groups in total. The van der Waals surface area contributed by atoms with Crippen LogP contribution in [0.3, 0.4) is 0 Å². The molecule has 1 aromatic heterocycles. The highest BCUT2D eigenvalue weighted by molar-refractivity contribution is 5.75. The third kappa shape index (κ3) is 2.96. The Hall–Kier alpha value is -1.39. The van der Waals surface area contributed by atoms with Gasteiger partial charge in [-0.15, -0.1) is 0 Å². The molecule has 1 aromatic carbocycles. The Morgan fingerprint density at radius 3 is 2.63 bits per heavy atom. The highest BCUT2D eigenvalue weighted by atomic mass is 16.3. The number of imidazole rings is 1. The molecule has 0 radical (unpaired) electrons. The average Bonchev–Trinajstić information content (AvgIpc) is 2.67. The van der Waals surface area contributed by atoms with Gasteiger partial charge >= 0.3 is 0 Å². The van der Waals surface area contributed by atoms with Crippen molar-refractivity contribution in [1.82, 2.24) is 9.55 Å². The predicted molar refractivity (Wildman–Crippen MR) is 78.0 cm³/mol. The van der Waals surface area contributed by atoms with E-state index in [2.05, 4.69) is 30.3 Å². The zero-order valence-electron chi connectivity index (χ0n) is 11.9. The molecule has 0 saturated carbocycles. The van der Waals surface area contributed by atoms with Gasteiger partial charge in [0.25, 0.3) is 0 Å². The minimum atomic E-state index is 0.0433. The number of aromatic nitrogens is 2. The van der Waals surface area contributed by atoms with Crippen LogP contribution in [-0.2, 0) is 13.0 Å². The Morgan fingerprint density at radius 1 is 1.32 bits per heavy atom. The van der Waals surface area contributed by atoms with E-state index in [4.69, 9.17) is 5.73 Å². The summed E-state index contributed by atoms with van der Waals surface area (Å²) in [4.78, 5) is 4.66. The Labute approximate surface area is 114 Å². The van der Waals surface area contributed by atoms with Crippen molar-refractivity contribution in [3.63, 3.8) is 0 Å². The van der Waals surface area contributed by atoms with Gasteiger partial charge in [0.05, 0.1) is 17.6 Å². The topological polar surface area (TPSA) is 64.1 Å². The molecule has 1 unspecified atom stereocenters. The predicted octanol–water partition coefficient (Wildman–Crippen LogP) is 1.94. The van der Waals surface area contributed by atoms with Crippen LogP contribution < -0.4 is 5.73 Å².